The maximum Gasteiger partial charge on any atom is 0.247 e. The summed E-state index contributed by atoms with van der Waals surface area (Å²) >= 11 is 1.62. The van der Waals surface area contributed by atoms with Gasteiger partial charge >= 0.3 is 0 Å². The van der Waals surface area contributed by atoms with Crippen molar-refractivity contribution in [2.75, 3.05) is 49.9 Å². The molecule has 5 aromatic heterocycles. The molecule has 2 fully saturated rings. The highest BCUT2D eigenvalue weighted by atomic mass is 32.2. The van der Waals surface area contributed by atoms with Crippen LogP contribution in [0.15, 0.2) is 66.2 Å². The number of H-pyrrole nitrogens is 1. The first-order valence-electron chi connectivity index (χ1n) is 19.8. The first-order chi connectivity index (χ1) is 28.2. The number of aryl methyl sites for hydroxylation is 1. The standard InChI is InChI=1S/C40H49FN14O2S/c1-25(2)57-36-35(29-19-44-45-20-29)43-23-55-39(36)49-40(51-55)48-34-9-7-30(18-32(34)41)58-54-15-5-6-27(22-54)21-53-16-12-28(13-17-53)33-10-8-31-37(50-52(4)38(31)47-33)46-26(3)11-14-42-24-56/h7-10,18-20,23-25,27-28H,3,5-6,11-17,21-22H2,1-2,4H3,(H,42,56)(H,44,45)(H,46,50)(H,48,51). The van der Waals surface area contributed by atoms with Gasteiger partial charge < -0.3 is 25.6 Å². The number of halogens is 1. The lowest BCUT2D eigenvalue weighted by Gasteiger charge is -2.37. The van der Waals surface area contributed by atoms with Crippen molar-refractivity contribution in [3.05, 3.63) is 72.8 Å². The number of anilines is 3. The van der Waals surface area contributed by atoms with E-state index in [1.165, 1.54) is 10.9 Å². The molecule has 1 unspecified atom stereocenters. The Morgan fingerprint density at radius 1 is 1.12 bits per heavy atom. The topological polar surface area (TPSA) is 171 Å². The number of ether oxygens (including phenoxy) is 1. The van der Waals surface area contributed by atoms with Gasteiger partial charge in [0.25, 0.3) is 0 Å². The average Bonchev–Trinajstić information content (AvgIpc) is 3.96. The summed E-state index contributed by atoms with van der Waals surface area (Å²) in [5, 5.41) is 25.9. The molecular weight excluding hydrogens is 760 g/mol. The number of hydrogen-bond donors (Lipinski definition) is 4. The number of hydrogen-bond acceptors (Lipinski definition) is 13. The fraction of sp³-hybridized carbons (Fsp3) is 0.425. The second-order valence-corrected chi connectivity index (χ2v) is 16.4. The molecule has 4 N–H and O–H groups in total. The molecule has 2 aliphatic rings. The minimum absolute atomic E-state index is 0.128. The molecule has 0 saturated carbocycles. The molecule has 1 atom stereocenters. The second kappa shape index (κ2) is 17.5. The Morgan fingerprint density at radius 2 is 1.98 bits per heavy atom. The van der Waals surface area contributed by atoms with Crippen LogP contribution >= 0.6 is 11.9 Å². The lowest BCUT2D eigenvalue weighted by atomic mass is 9.91. The van der Waals surface area contributed by atoms with E-state index in [0.717, 1.165) is 90.7 Å². The maximum absolute atomic E-state index is 15.5. The highest BCUT2D eigenvalue weighted by Gasteiger charge is 2.28. The smallest absolute Gasteiger partial charge is 0.247 e. The molecule has 18 heteroatoms. The summed E-state index contributed by atoms with van der Waals surface area (Å²) in [6.07, 6.45) is 10.6. The number of nitrogens with one attached hydrogen (secondary N) is 4. The first kappa shape index (κ1) is 39.2. The second-order valence-electron chi connectivity index (χ2n) is 15.2. The lowest BCUT2D eigenvalue weighted by molar-refractivity contribution is -0.109. The third kappa shape index (κ3) is 8.93. The molecule has 0 aliphatic carbocycles. The quantitative estimate of drug-likeness (QED) is 0.0501. The van der Waals surface area contributed by atoms with Crippen molar-refractivity contribution < 1.29 is 13.9 Å². The number of benzene rings is 1. The summed E-state index contributed by atoms with van der Waals surface area (Å²) in [5.74, 6) is 2.01. The lowest BCUT2D eigenvalue weighted by Crippen LogP contribution is -2.41. The Labute approximate surface area is 340 Å². The van der Waals surface area contributed by atoms with Gasteiger partial charge in [0.15, 0.2) is 17.2 Å². The van der Waals surface area contributed by atoms with Crippen LogP contribution in [-0.4, -0.2) is 106 Å². The van der Waals surface area contributed by atoms with Crippen LogP contribution in [0.5, 0.6) is 5.75 Å². The van der Waals surface area contributed by atoms with Crippen molar-refractivity contribution in [1.29, 1.82) is 0 Å². The van der Waals surface area contributed by atoms with Gasteiger partial charge in [0.05, 0.1) is 23.4 Å². The zero-order valence-electron chi connectivity index (χ0n) is 33.0. The van der Waals surface area contributed by atoms with Gasteiger partial charge in [-0.05, 0) is 101 Å². The fourth-order valence-corrected chi connectivity index (χ4v) is 8.84. The van der Waals surface area contributed by atoms with Crippen molar-refractivity contribution in [2.24, 2.45) is 13.0 Å². The molecule has 2 saturated heterocycles. The molecule has 8 rings (SSSR count). The van der Waals surface area contributed by atoms with E-state index in [0.29, 0.717) is 48.3 Å². The number of aromatic nitrogens is 9. The number of pyridine rings is 1. The van der Waals surface area contributed by atoms with Gasteiger partial charge in [0.2, 0.25) is 18.0 Å². The van der Waals surface area contributed by atoms with Crippen LogP contribution in [0.25, 0.3) is 27.9 Å². The zero-order valence-corrected chi connectivity index (χ0v) is 33.8. The molecule has 304 valence electrons. The minimum Gasteiger partial charge on any atom is -0.485 e. The Kier molecular flexibility index (Phi) is 11.8. The first-order valence-corrected chi connectivity index (χ1v) is 20.6. The van der Waals surface area contributed by atoms with Crippen LogP contribution in [0.1, 0.15) is 57.6 Å². The number of aromatic amines is 1. The van der Waals surface area contributed by atoms with Crippen LogP contribution in [0.4, 0.5) is 21.8 Å². The van der Waals surface area contributed by atoms with Gasteiger partial charge in [-0.2, -0.15) is 19.7 Å². The van der Waals surface area contributed by atoms with Crippen molar-refractivity contribution >= 4 is 52.5 Å². The number of likely N-dealkylation sites (tertiary alicyclic amines) is 1. The summed E-state index contributed by atoms with van der Waals surface area (Å²) in [4.78, 5) is 28.2. The third-order valence-corrected chi connectivity index (χ3v) is 11.6. The number of nitrogens with zero attached hydrogens (tertiary/aromatic N) is 10. The largest absolute Gasteiger partial charge is 0.485 e. The summed E-state index contributed by atoms with van der Waals surface area (Å²) in [7, 11) is 1.91. The van der Waals surface area contributed by atoms with Gasteiger partial charge in [-0.15, -0.1) is 5.10 Å². The average molecular weight is 809 g/mol. The molecule has 7 heterocycles. The Bertz CT molecular complexity index is 2370. The SMILES string of the molecule is C=C(CCNC=O)Nc1nn(C)c2nc(C3CCN(CC4CCCN(Sc5ccc(Nc6nc7c(OC(C)C)c(-c8cn[nH]c8)ncn7n6)c(F)c5)C4)CC3)ccc12. The fourth-order valence-electron chi connectivity index (χ4n) is 7.75. The van der Waals surface area contributed by atoms with Crippen molar-refractivity contribution in [3.8, 4) is 17.0 Å². The number of amides is 1. The van der Waals surface area contributed by atoms with E-state index < -0.39 is 0 Å². The van der Waals surface area contributed by atoms with E-state index in [-0.39, 0.29) is 23.6 Å². The Hall–Kier alpha value is -5.59. The molecule has 2 aliphatic heterocycles. The summed E-state index contributed by atoms with van der Waals surface area (Å²) in [6.45, 7) is 13.5. The molecule has 0 radical (unpaired) electrons. The van der Waals surface area contributed by atoms with Crippen molar-refractivity contribution in [2.45, 2.75) is 62.9 Å². The van der Waals surface area contributed by atoms with E-state index in [2.05, 4.69) is 74.2 Å². The van der Waals surface area contributed by atoms with Crippen LogP contribution in [0.3, 0.4) is 0 Å². The van der Waals surface area contributed by atoms with Crippen LogP contribution < -0.4 is 20.7 Å². The number of carbonyl (C=O) groups is 1. The molecule has 6 aromatic rings. The predicted octanol–water partition coefficient (Wildman–Crippen LogP) is 6.13. The highest BCUT2D eigenvalue weighted by Crippen LogP contribution is 2.35. The number of fused-ring (bicyclic) bond motifs is 2. The number of rotatable bonds is 16. The van der Waals surface area contributed by atoms with Gasteiger partial charge in [-0.1, -0.05) is 6.58 Å². The molecule has 58 heavy (non-hydrogen) atoms. The maximum atomic E-state index is 15.5. The molecule has 1 amide bonds. The van der Waals surface area contributed by atoms with E-state index in [1.54, 1.807) is 42.8 Å². The van der Waals surface area contributed by atoms with E-state index in [9.17, 15) is 4.79 Å². The Balaban J connectivity index is 0.837. The van der Waals surface area contributed by atoms with E-state index >= 15 is 4.39 Å². The van der Waals surface area contributed by atoms with Gasteiger partial charge in [-0.25, -0.2) is 23.3 Å². The monoisotopic (exact) mass is 808 g/mol. The summed E-state index contributed by atoms with van der Waals surface area (Å²) in [6, 6.07) is 9.49. The predicted molar refractivity (Wildman–Crippen MR) is 222 cm³/mol. The van der Waals surface area contributed by atoms with E-state index in [4.69, 9.17) is 9.72 Å². The van der Waals surface area contributed by atoms with Gasteiger partial charge in [0.1, 0.15) is 17.8 Å². The molecular formula is C40H49FN14O2S. The highest BCUT2D eigenvalue weighted by molar-refractivity contribution is 7.97. The van der Waals surface area contributed by atoms with E-state index in [1.807, 2.05) is 31.6 Å². The molecule has 16 nitrogen and oxygen atoms in total. The third-order valence-electron chi connectivity index (χ3n) is 10.6. The van der Waals surface area contributed by atoms with Crippen LogP contribution in [0.2, 0.25) is 0 Å². The molecule has 1 aromatic carbocycles. The molecule has 0 spiro atoms. The Morgan fingerprint density at radius 3 is 2.76 bits per heavy atom. The molecule has 0 bridgehead atoms. The van der Waals surface area contributed by atoms with Gasteiger partial charge in [-0.3, -0.25) is 9.89 Å². The normalized spacial score (nSPS) is 16.9. The minimum atomic E-state index is -0.378. The van der Waals surface area contributed by atoms with Gasteiger partial charge in [0, 0.05) is 73.6 Å². The number of piperidine rings is 2. The number of carbonyl (C=O) groups excluding carboxylic acids is 1. The summed E-state index contributed by atoms with van der Waals surface area (Å²) in [5.41, 5.74) is 4.85. The van der Waals surface area contributed by atoms with Crippen LogP contribution in [-0.2, 0) is 11.8 Å². The van der Waals surface area contributed by atoms with Crippen molar-refractivity contribution in [3.63, 3.8) is 0 Å². The summed E-state index contributed by atoms with van der Waals surface area (Å²) < 4.78 is 27.4. The zero-order chi connectivity index (χ0) is 40.2. The van der Waals surface area contributed by atoms with Crippen molar-refractivity contribution in [1.82, 2.24) is 59.1 Å². The van der Waals surface area contributed by atoms with Crippen LogP contribution in [0, 0.1) is 11.7 Å².